The van der Waals surface area contributed by atoms with Gasteiger partial charge in [0.05, 0.1) is 6.54 Å². The molecule has 2 aromatic carbocycles. The number of nitrogen functional groups attached to an aromatic ring is 1. The Kier molecular flexibility index (Phi) is 2.83. The first kappa shape index (κ1) is 12.2. The van der Waals surface area contributed by atoms with Crippen molar-refractivity contribution in [1.82, 2.24) is 15.0 Å². The van der Waals surface area contributed by atoms with Crippen LogP contribution in [0.1, 0.15) is 16.1 Å². The van der Waals surface area contributed by atoms with Crippen LogP contribution in [0.2, 0.25) is 0 Å². The fourth-order valence-corrected chi connectivity index (χ4v) is 2.12. The van der Waals surface area contributed by atoms with E-state index in [1.165, 1.54) is 10.1 Å². The minimum Gasteiger partial charge on any atom is -0.382 e. The van der Waals surface area contributed by atoms with E-state index in [9.17, 15) is 4.79 Å². The van der Waals surface area contributed by atoms with E-state index < -0.39 is 5.91 Å². The van der Waals surface area contributed by atoms with E-state index in [-0.39, 0.29) is 11.5 Å². The smallest absolute Gasteiger partial charge is 0.273 e. The highest BCUT2D eigenvalue weighted by Gasteiger charge is 2.14. The number of hydrogen-bond acceptors (Lipinski definition) is 4. The average Bonchev–Trinajstić information content (AvgIpc) is 2.80. The number of rotatable bonds is 3. The fraction of sp³-hybridized carbons (Fsp3) is 0.0714. The SMILES string of the molecule is NC(=O)c1nnn(Cc2ccc3ccccc3c2)c1N. The quantitative estimate of drug-likeness (QED) is 0.743. The van der Waals surface area contributed by atoms with Crippen molar-refractivity contribution >= 4 is 22.5 Å². The molecule has 3 rings (SSSR count). The molecule has 4 N–H and O–H groups in total. The fourth-order valence-electron chi connectivity index (χ4n) is 2.12. The normalized spacial score (nSPS) is 10.8. The number of aromatic nitrogens is 3. The maximum atomic E-state index is 11.1. The van der Waals surface area contributed by atoms with Crippen molar-refractivity contribution in [3.8, 4) is 0 Å². The molecule has 0 saturated heterocycles. The third kappa shape index (κ3) is 2.07. The maximum absolute atomic E-state index is 11.1. The monoisotopic (exact) mass is 267 g/mol. The highest BCUT2D eigenvalue weighted by atomic mass is 16.1. The van der Waals surface area contributed by atoms with Gasteiger partial charge in [-0.2, -0.15) is 0 Å². The van der Waals surface area contributed by atoms with E-state index in [1.54, 1.807) is 0 Å². The summed E-state index contributed by atoms with van der Waals surface area (Å²) in [5.74, 6) is -0.488. The van der Waals surface area contributed by atoms with Crippen LogP contribution in [0, 0.1) is 0 Å². The van der Waals surface area contributed by atoms with Crippen LogP contribution < -0.4 is 11.5 Å². The number of fused-ring (bicyclic) bond motifs is 1. The summed E-state index contributed by atoms with van der Waals surface area (Å²) in [7, 11) is 0. The Bertz CT molecular complexity index is 793. The molecule has 0 aliphatic rings. The second kappa shape index (κ2) is 4.65. The molecule has 0 bridgehead atoms. The third-order valence-corrected chi connectivity index (χ3v) is 3.15. The van der Waals surface area contributed by atoms with Crippen LogP contribution in [0.3, 0.4) is 0 Å². The Morgan fingerprint density at radius 2 is 1.90 bits per heavy atom. The number of anilines is 1. The zero-order chi connectivity index (χ0) is 14.1. The summed E-state index contributed by atoms with van der Waals surface area (Å²) >= 11 is 0. The number of nitrogens with two attached hydrogens (primary N) is 2. The van der Waals surface area contributed by atoms with Gasteiger partial charge in [0.15, 0.2) is 11.5 Å². The number of nitrogens with zero attached hydrogens (tertiary/aromatic N) is 3. The van der Waals surface area contributed by atoms with Gasteiger partial charge in [-0.05, 0) is 22.4 Å². The molecule has 3 aromatic rings. The zero-order valence-electron chi connectivity index (χ0n) is 10.7. The molecule has 0 aliphatic carbocycles. The van der Waals surface area contributed by atoms with Crippen molar-refractivity contribution < 1.29 is 4.79 Å². The lowest BCUT2D eigenvalue weighted by molar-refractivity contribution is 0.0996. The van der Waals surface area contributed by atoms with Gasteiger partial charge in [0.1, 0.15) is 0 Å². The van der Waals surface area contributed by atoms with Gasteiger partial charge in [-0.1, -0.05) is 41.6 Å². The second-order valence-electron chi connectivity index (χ2n) is 4.53. The Balaban J connectivity index is 1.95. The molecule has 1 aromatic heterocycles. The van der Waals surface area contributed by atoms with E-state index in [0.717, 1.165) is 10.9 Å². The van der Waals surface area contributed by atoms with Crippen LogP contribution in [0.5, 0.6) is 0 Å². The molecule has 0 spiro atoms. The van der Waals surface area contributed by atoms with Crippen molar-refractivity contribution in [1.29, 1.82) is 0 Å². The summed E-state index contributed by atoms with van der Waals surface area (Å²) in [4.78, 5) is 11.1. The van der Waals surface area contributed by atoms with Crippen LogP contribution >= 0.6 is 0 Å². The highest BCUT2D eigenvalue weighted by Crippen LogP contribution is 2.17. The summed E-state index contributed by atoms with van der Waals surface area (Å²) in [6.07, 6.45) is 0. The number of primary amides is 1. The molecule has 100 valence electrons. The predicted molar refractivity (Wildman–Crippen MR) is 76.0 cm³/mol. The van der Waals surface area contributed by atoms with Gasteiger partial charge in [0.2, 0.25) is 0 Å². The molecule has 0 saturated carbocycles. The zero-order valence-corrected chi connectivity index (χ0v) is 10.7. The summed E-state index contributed by atoms with van der Waals surface area (Å²) in [6, 6.07) is 14.2. The van der Waals surface area contributed by atoms with Crippen LogP contribution in [0.25, 0.3) is 10.8 Å². The van der Waals surface area contributed by atoms with E-state index in [1.807, 2.05) is 36.4 Å². The minimum absolute atomic E-state index is 0.00536. The van der Waals surface area contributed by atoms with Crippen LogP contribution in [0.4, 0.5) is 5.82 Å². The van der Waals surface area contributed by atoms with E-state index in [4.69, 9.17) is 11.5 Å². The molecule has 6 heteroatoms. The Morgan fingerprint density at radius 3 is 2.60 bits per heavy atom. The number of hydrogen-bond donors (Lipinski definition) is 2. The van der Waals surface area contributed by atoms with Crippen LogP contribution in [-0.4, -0.2) is 20.9 Å². The van der Waals surface area contributed by atoms with E-state index in [0.29, 0.717) is 6.54 Å². The van der Waals surface area contributed by atoms with Gasteiger partial charge in [-0.25, -0.2) is 4.68 Å². The largest absolute Gasteiger partial charge is 0.382 e. The van der Waals surface area contributed by atoms with Crippen molar-refractivity contribution in [2.45, 2.75) is 6.54 Å². The molecule has 6 nitrogen and oxygen atoms in total. The molecule has 0 fully saturated rings. The lowest BCUT2D eigenvalue weighted by Gasteiger charge is -2.05. The van der Waals surface area contributed by atoms with Crippen molar-refractivity contribution in [3.05, 3.63) is 53.7 Å². The van der Waals surface area contributed by atoms with Gasteiger partial charge < -0.3 is 11.5 Å². The Morgan fingerprint density at radius 1 is 1.15 bits per heavy atom. The standard InChI is InChI=1S/C14H13N5O/c15-13-12(14(16)20)17-18-19(13)8-9-5-6-10-3-1-2-4-11(10)7-9/h1-7H,8,15H2,(H2,16,20). The summed E-state index contributed by atoms with van der Waals surface area (Å²) in [5.41, 5.74) is 12.0. The molecular weight excluding hydrogens is 254 g/mol. The summed E-state index contributed by atoms with van der Waals surface area (Å²) in [6.45, 7) is 0.441. The number of carbonyl (C=O) groups is 1. The number of carbonyl (C=O) groups excluding carboxylic acids is 1. The molecule has 1 amide bonds. The van der Waals surface area contributed by atoms with Gasteiger partial charge in [-0.15, -0.1) is 5.10 Å². The molecule has 0 radical (unpaired) electrons. The van der Waals surface area contributed by atoms with Gasteiger partial charge in [0.25, 0.3) is 5.91 Å². The van der Waals surface area contributed by atoms with E-state index in [2.05, 4.69) is 16.4 Å². The molecule has 1 heterocycles. The first-order valence-corrected chi connectivity index (χ1v) is 6.11. The molecule has 20 heavy (non-hydrogen) atoms. The van der Waals surface area contributed by atoms with Gasteiger partial charge >= 0.3 is 0 Å². The Labute approximate surface area is 115 Å². The molecule has 0 atom stereocenters. The van der Waals surface area contributed by atoms with Gasteiger partial charge in [-0.3, -0.25) is 4.79 Å². The first-order chi connectivity index (χ1) is 9.65. The summed E-state index contributed by atoms with van der Waals surface area (Å²) < 4.78 is 1.46. The maximum Gasteiger partial charge on any atom is 0.273 e. The van der Waals surface area contributed by atoms with Crippen molar-refractivity contribution in [2.24, 2.45) is 5.73 Å². The first-order valence-electron chi connectivity index (χ1n) is 6.11. The lowest BCUT2D eigenvalue weighted by atomic mass is 10.1. The van der Waals surface area contributed by atoms with Crippen molar-refractivity contribution in [3.63, 3.8) is 0 Å². The third-order valence-electron chi connectivity index (χ3n) is 3.15. The Hall–Kier alpha value is -2.89. The van der Waals surface area contributed by atoms with Crippen LogP contribution in [0.15, 0.2) is 42.5 Å². The molecular formula is C14H13N5O. The minimum atomic E-state index is -0.674. The molecule has 0 aliphatic heterocycles. The highest BCUT2D eigenvalue weighted by molar-refractivity contribution is 5.94. The van der Waals surface area contributed by atoms with Crippen LogP contribution in [-0.2, 0) is 6.54 Å². The number of benzene rings is 2. The lowest BCUT2D eigenvalue weighted by Crippen LogP contribution is -2.14. The number of amides is 1. The topological polar surface area (TPSA) is 99.8 Å². The predicted octanol–water partition coefficient (Wildman–Crippen LogP) is 1.16. The summed E-state index contributed by atoms with van der Waals surface area (Å²) in [5, 5.41) is 9.85. The van der Waals surface area contributed by atoms with Crippen molar-refractivity contribution in [2.75, 3.05) is 5.73 Å². The molecule has 0 unspecified atom stereocenters. The average molecular weight is 267 g/mol. The van der Waals surface area contributed by atoms with Gasteiger partial charge in [0, 0.05) is 0 Å². The second-order valence-corrected chi connectivity index (χ2v) is 4.53. The van der Waals surface area contributed by atoms with E-state index >= 15 is 0 Å².